The summed E-state index contributed by atoms with van der Waals surface area (Å²) >= 11 is 6.07. The van der Waals surface area contributed by atoms with Crippen LogP contribution in [0.1, 0.15) is 5.56 Å². The standard InChI is InChI=1S/C24H22ClN3O4/c1-14-8-9-15(24-27-18-11-21(30-2)22(31-3)12-19(18)28-24)10-17(14)26-23(29)13-32-20-7-5-4-6-16(20)25/h4-12H,13H2,1-3H3,(H,26,29)(H,27,28). The van der Waals surface area contributed by atoms with E-state index in [1.165, 1.54) is 0 Å². The fourth-order valence-corrected chi connectivity index (χ4v) is 3.46. The Balaban J connectivity index is 1.54. The van der Waals surface area contributed by atoms with Crippen molar-refractivity contribution in [3.05, 3.63) is 65.2 Å². The zero-order valence-corrected chi connectivity index (χ0v) is 18.6. The maximum atomic E-state index is 12.4. The van der Waals surface area contributed by atoms with Gasteiger partial charge >= 0.3 is 0 Å². The fourth-order valence-electron chi connectivity index (χ4n) is 3.27. The van der Waals surface area contributed by atoms with Crippen LogP contribution in [0.25, 0.3) is 22.4 Å². The van der Waals surface area contributed by atoms with E-state index in [0.29, 0.717) is 33.8 Å². The maximum Gasteiger partial charge on any atom is 0.262 e. The summed E-state index contributed by atoms with van der Waals surface area (Å²) in [6, 6.07) is 16.4. The first-order valence-corrected chi connectivity index (χ1v) is 10.3. The van der Waals surface area contributed by atoms with Gasteiger partial charge in [0.05, 0.1) is 30.3 Å². The molecule has 0 aliphatic rings. The Hall–Kier alpha value is -3.71. The van der Waals surface area contributed by atoms with Crippen LogP contribution in [0.4, 0.5) is 5.69 Å². The number of aromatic amines is 1. The molecule has 0 saturated carbocycles. The van der Waals surface area contributed by atoms with Crippen molar-refractivity contribution in [1.82, 2.24) is 9.97 Å². The molecule has 0 atom stereocenters. The summed E-state index contributed by atoms with van der Waals surface area (Å²) in [5, 5.41) is 3.35. The van der Waals surface area contributed by atoms with Crippen molar-refractivity contribution >= 4 is 34.2 Å². The molecule has 0 unspecified atom stereocenters. The largest absolute Gasteiger partial charge is 0.493 e. The van der Waals surface area contributed by atoms with Crippen molar-refractivity contribution in [2.24, 2.45) is 0 Å². The van der Waals surface area contributed by atoms with Crippen LogP contribution in [-0.4, -0.2) is 36.7 Å². The molecule has 4 aromatic rings. The first-order chi connectivity index (χ1) is 15.5. The minimum Gasteiger partial charge on any atom is -0.493 e. The van der Waals surface area contributed by atoms with E-state index < -0.39 is 0 Å². The lowest BCUT2D eigenvalue weighted by atomic mass is 10.1. The van der Waals surface area contributed by atoms with Crippen molar-refractivity contribution < 1.29 is 19.0 Å². The van der Waals surface area contributed by atoms with Crippen molar-refractivity contribution in [3.8, 4) is 28.6 Å². The second-order valence-corrected chi connectivity index (χ2v) is 7.51. The summed E-state index contributed by atoms with van der Waals surface area (Å²) in [4.78, 5) is 20.4. The van der Waals surface area contributed by atoms with E-state index in [1.54, 1.807) is 38.5 Å². The molecule has 164 valence electrons. The number of carbonyl (C=O) groups excluding carboxylic acids is 1. The molecule has 2 N–H and O–H groups in total. The number of imidazole rings is 1. The molecule has 0 aliphatic heterocycles. The van der Waals surface area contributed by atoms with Gasteiger partial charge in [-0.1, -0.05) is 35.9 Å². The summed E-state index contributed by atoms with van der Waals surface area (Å²) in [6.07, 6.45) is 0. The Morgan fingerprint density at radius 1 is 1.03 bits per heavy atom. The number of para-hydroxylation sites is 1. The third-order valence-electron chi connectivity index (χ3n) is 4.97. The molecule has 32 heavy (non-hydrogen) atoms. The number of nitrogens with zero attached hydrogens (tertiary/aromatic N) is 1. The van der Waals surface area contributed by atoms with Gasteiger partial charge in [0.15, 0.2) is 18.1 Å². The number of aryl methyl sites for hydroxylation is 1. The number of ether oxygens (including phenoxy) is 3. The van der Waals surface area contributed by atoms with Gasteiger partial charge in [0.2, 0.25) is 0 Å². The number of amides is 1. The van der Waals surface area contributed by atoms with Crippen molar-refractivity contribution in [2.45, 2.75) is 6.92 Å². The van der Waals surface area contributed by atoms with Gasteiger partial charge < -0.3 is 24.5 Å². The van der Waals surface area contributed by atoms with Crippen LogP contribution >= 0.6 is 11.6 Å². The molecular weight excluding hydrogens is 430 g/mol. The topological polar surface area (TPSA) is 85.5 Å². The third-order valence-corrected chi connectivity index (χ3v) is 5.28. The summed E-state index contributed by atoms with van der Waals surface area (Å²) in [5.74, 6) is 2.06. The lowest BCUT2D eigenvalue weighted by Crippen LogP contribution is -2.20. The number of rotatable bonds is 7. The van der Waals surface area contributed by atoms with E-state index in [4.69, 9.17) is 25.8 Å². The maximum absolute atomic E-state index is 12.4. The first-order valence-electron chi connectivity index (χ1n) is 9.88. The molecule has 0 aliphatic carbocycles. The number of anilines is 1. The highest BCUT2D eigenvalue weighted by Crippen LogP contribution is 2.33. The van der Waals surface area contributed by atoms with Gasteiger partial charge in [-0.3, -0.25) is 4.79 Å². The van der Waals surface area contributed by atoms with Gasteiger partial charge in [-0.25, -0.2) is 4.98 Å². The van der Waals surface area contributed by atoms with Crippen LogP contribution in [0.5, 0.6) is 17.2 Å². The van der Waals surface area contributed by atoms with Gasteiger partial charge in [0.25, 0.3) is 5.91 Å². The molecule has 1 aromatic heterocycles. The molecule has 0 spiro atoms. The molecule has 3 aromatic carbocycles. The molecule has 1 amide bonds. The molecular formula is C24H22ClN3O4. The SMILES string of the molecule is COc1cc2nc(-c3ccc(C)c(NC(=O)COc4ccccc4Cl)c3)[nH]c2cc1OC. The van der Waals surface area contributed by atoms with E-state index in [1.807, 2.05) is 37.3 Å². The number of halogens is 1. The number of nitrogens with one attached hydrogen (secondary N) is 2. The smallest absolute Gasteiger partial charge is 0.262 e. The molecule has 1 heterocycles. The highest BCUT2D eigenvalue weighted by molar-refractivity contribution is 6.32. The highest BCUT2D eigenvalue weighted by Gasteiger charge is 2.13. The van der Waals surface area contributed by atoms with Gasteiger partial charge in [-0.05, 0) is 30.7 Å². The monoisotopic (exact) mass is 451 g/mol. The number of fused-ring (bicyclic) bond motifs is 1. The summed E-state index contributed by atoms with van der Waals surface area (Å²) < 4.78 is 16.2. The van der Waals surface area contributed by atoms with Crippen LogP contribution in [0, 0.1) is 6.92 Å². The van der Waals surface area contributed by atoms with E-state index in [0.717, 1.165) is 22.2 Å². The number of aromatic nitrogens is 2. The van der Waals surface area contributed by atoms with Crippen LogP contribution < -0.4 is 19.5 Å². The third kappa shape index (κ3) is 4.48. The minimum absolute atomic E-state index is 0.155. The molecule has 4 rings (SSSR count). The van der Waals surface area contributed by atoms with E-state index >= 15 is 0 Å². The number of hydrogen-bond donors (Lipinski definition) is 2. The van der Waals surface area contributed by atoms with Crippen molar-refractivity contribution in [3.63, 3.8) is 0 Å². The number of carbonyl (C=O) groups is 1. The van der Waals surface area contributed by atoms with Crippen LogP contribution in [0.2, 0.25) is 5.02 Å². The Kier molecular flexibility index (Phi) is 6.18. The number of benzene rings is 3. The van der Waals surface area contributed by atoms with E-state index in [2.05, 4.69) is 15.3 Å². The quantitative estimate of drug-likeness (QED) is 0.402. The van der Waals surface area contributed by atoms with Crippen LogP contribution in [0.3, 0.4) is 0 Å². The van der Waals surface area contributed by atoms with Gasteiger partial charge in [0, 0.05) is 23.4 Å². The summed E-state index contributed by atoms with van der Waals surface area (Å²) in [5.41, 5.74) is 3.98. The Morgan fingerprint density at radius 2 is 1.78 bits per heavy atom. The average Bonchev–Trinajstić information content (AvgIpc) is 3.22. The second kappa shape index (κ2) is 9.20. The van der Waals surface area contributed by atoms with Crippen LogP contribution in [0.15, 0.2) is 54.6 Å². The molecule has 7 nitrogen and oxygen atoms in total. The Morgan fingerprint density at radius 3 is 2.53 bits per heavy atom. The van der Waals surface area contributed by atoms with Crippen molar-refractivity contribution in [2.75, 3.05) is 26.1 Å². The Bertz CT molecular complexity index is 1240. The molecule has 0 radical (unpaired) electrons. The predicted molar refractivity (Wildman–Crippen MR) is 125 cm³/mol. The zero-order chi connectivity index (χ0) is 22.7. The highest BCUT2D eigenvalue weighted by atomic mass is 35.5. The molecule has 0 fully saturated rings. The normalized spacial score (nSPS) is 10.8. The number of methoxy groups -OCH3 is 2. The fraction of sp³-hybridized carbons (Fsp3) is 0.167. The number of hydrogen-bond acceptors (Lipinski definition) is 5. The lowest BCUT2D eigenvalue weighted by molar-refractivity contribution is -0.118. The zero-order valence-electron chi connectivity index (χ0n) is 17.9. The number of H-pyrrole nitrogens is 1. The summed E-state index contributed by atoms with van der Waals surface area (Å²) in [6.45, 7) is 1.76. The van der Waals surface area contributed by atoms with Crippen LogP contribution in [-0.2, 0) is 4.79 Å². The van der Waals surface area contributed by atoms with Crippen molar-refractivity contribution in [1.29, 1.82) is 0 Å². The first kappa shape index (κ1) is 21.5. The van der Waals surface area contributed by atoms with Gasteiger partial charge in [-0.15, -0.1) is 0 Å². The lowest BCUT2D eigenvalue weighted by Gasteiger charge is -2.11. The predicted octanol–water partition coefficient (Wildman–Crippen LogP) is 5.23. The molecule has 0 saturated heterocycles. The molecule has 0 bridgehead atoms. The molecule has 8 heteroatoms. The second-order valence-electron chi connectivity index (χ2n) is 7.11. The van der Waals surface area contributed by atoms with E-state index in [-0.39, 0.29) is 12.5 Å². The summed E-state index contributed by atoms with van der Waals surface area (Å²) in [7, 11) is 3.17. The van der Waals surface area contributed by atoms with Gasteiger partial charge in [0.1, 0.15) is 11.6 Å². The average molecular weight is 452 g/mol. The minimum atomic E-state index is -0.288. The van der Waals surface area contributed by atoms with Gasteiger partial charge in [-0.2, -0.15) is 0 Å². The Labute approximate surface area is 190 Å². The van der Waals surface area contributed by atoms with E-state index in [9.17, 15) is 4.79 Å².